The van der Waals surface area contributed by atoms with Gasteiger partial charge in [-0.1, -0.05) is 15.9 Å². The largest absolute Gasteiger partial charge is 0.396 e. The Morgan fingerprint density at radius 3 is 2.94 bits per heavy atom. The molecule has 0 aliphatic rings. The molecular formula is C12H15BrFNO2. The van der Waals surface area contributed by atoms with E-state index in [-0.39, 0.29) is 30.8 Å². The third kappa shape index (κ3) is 4.83. The van der Waals surface area contributed by atoms with Gasteiger partial charge in [-0.25, -0.2) is 4.39 Å². The molecule has 0 bridgehead atoms. The van der Waals surface area contributed by atoms with Crippen molar-refractivity contribution < 1.29 is 14.3 Å². The summed E-state index contributed by atoms with van der Waals surface area (Å²) in [5.74, 6) is -0.545. The zero-order chi connectivity index (χ0) is 12.8. The Kier molecular flexibility index (Phi) is 5.58. The standard InChI is InChI=1S/C12H15BrFNO2/c1-8(4-5-16)15-12(17)7-9-6-10(14)2-3-11(9)13/h2-3,6,8,16H,4-5,7H2,1H3,(H,15,17). The Balaban J connectivity index is 2.58. The molecule has 1 atom stereocenters. The van der Waals surface area contributed by atoms with E-state index in [0.717, 1.165) is 0 Å². The average Bonchev–Trinajstić information content (AvgIpc) is 2.23. The molecular weight excluding hydrogens is 289 g/mol. The first kappa shape index (κ1) is 14.1. The predicted molar refractivity (Wildman–Crippen MR) is 67.1 cm³/mol. The number of hydrogen-bond acceptors (Lipinski definition) is 2. The number of amides is 1. The Bertz CT molecular complexity index is 398. The molecule has 0 saturated heterocycles. The molecule has 0 radical (unpaired) electrons. The minimum Gasteiger partial charge on any atom is -0.396 e. The highest BCUT2D eigenvalue weighted by Gasteiger charge is 2.10. The van der Waals surface area contributed by atoms with Crippen molar-refractivity contribution >= 4 is 21.8 Å². The van der Waals surface area contributed by atoms with Crippen molar-refractivity contribution in [3.63, 3.8) is 0 Å². The van der Waals surface area contributed by atoms with Gasteiger partial charge < -0.3 is 10.4 Å². The predicted octanol–water partition coefficient (Wildman–Crippen LogP) is 2.02. The van der Waals surface area contributed by atoms with Crippen LogP contribution in [-0.4, -0.2) is 23.7 Å². The molecule has 1 unspecified atom stereocenters. The van der Waals surface area contributed by atoms with Crippen LogP contribution in [0.15, 0.2) is 22.7 Å². The Hall–Kier alpha value is -0.940. The Labute approximate surface area is 108 Å². The maximum absolute atomic E-state index is 13.0. The monoisotopic (exact) mass is 303 g/mol. The summed E-state index contributed by atoms with van der Waals surface area (Å²) in [5.41, 5.74) is 0.610. The van der Waals surface area contributed by atoms with Crippen molar-refractivity contribution in [3.05, 3.63) is 34.1 Å². The molecule has 0 aromatic heterocycles. The normalized spacial score (nSPS) is 12.2. The first-order valence-corrected chi connectivity index (χ1v) is 6.16. The van der Waals surface area contributed by atoms with Gasteiger partial charge in [0, 0.05) is 17.1 Å². The van der Waals surface area contributed by atoms with Gasteiger partial charge in [0.25, 0.3) is 0 Å². The molecule has 1 amide bonds. The molecule has 1 aromatic rings. The van der Waals surface area contributed by atoms with Crippen LogP contribution < -0.4 is 5.32 Å². The second-order valence-corrected chi connectivity index (χ2v) is 4.75. The minimum absolute atomic E-state index is 0.0328. The number of carbonyl (C=O) groups is 1. The molecule has 5 heteroatoms. The van der Waals surface area contributed by atoms with E-state index >= 15 is 0 Å². The van der Waals surface area contributed by atoms with Crippen LogP contribution in [0.25, 0.3) is 0 Å². The van der Waals surface area contributed by atoms with Crippen molar-refractivity contribution in [2.75, 3.05) is 6.61 Å². The number of nitrogens with one attached hydrogen (secondary N) is 1. The van der Waals surface area contributed by atoms with Crippen LogP contribution in [0.2, 0.25) is 0 Å². The topological polar surface area (TPSA) is 49.3 Å². The number of rotatable bonds is 5. The molecule has 0 heterocycles. The molecule has 0 aliphatic carbocycles. The number of benzene rings is 1. The van der Waals surface area contributed by atoms with Gasteiger partial charge in [0.05, 0.1) is 6.42 Å². The van der Waals surface area contributed by atoms with Crippen LogP contribution in [0.5, 0.6) is 0 Å². The third-order valence-corrected chi connectivity index (χ3v) is 3.10. The SMILES string of the molecule is CC(CCO)NC(=O)Cc1cc(F)ccc1Br. The molecule has 17 heavy (non-hydrogen) atoms. The Morgan fingerprint density at radius 1 is 1.59 bits per heavy atom. The van der Waals surface area contributed by atoms with Gasteiger partial charge >= 0.3 is 0 Å². The number of aliphatic hydroxyl groups is 1. The van der Waals surface area contributed by atoms with Gasteiger partial charge in [-0.15, -0.1) is 0 Å². The second kappa shape index (κ2) is 6.71. The quantitative estimate of drug-likeness (QED) is 0.874. The highest BCUT2D eigenvalue weighted by atomic mass is 79.9. The molecule has 0 fully saturated rings. The summed E-state index contributed by atoms with van der Waals surface area (Å²) in [7, 11) is 0. The van der Waals surface area contributed by atoms with Gasteiger partial charge in [0.15, 0.2) is 0 Å². The lowest BCUT2D eigenvalue weighted by atomic mass is 10.1. The van der Waals surface area contributed by atoms with Crippen molar-refractivity contribution in [2.24, 2.45) is 0 Å². The highest BCUT2D eigenvalue weighted by molar-refractivity contribution is 9.10. The van der Waals surface area contributed by atoms with Crippen molar-refractivity contribution in [3.8, 4) is 0 Å². The van der Waals surface area contributed by atoms with E-state index in [1.54, 1.807) is 6.07 Å². The van der Waals surface area contributed by atoms with Gasteiger partial charge in [0.2, 0.25) is 5.91 Å². The average molecular weight is 304 g/mol. The molecule has 2 N–H and O–H groups in total. The zero-order valence-corrected chi connectivity index (χ0v) is 11.1. The van der Waals surface area contributed by atoms with Crippen LogP contribution in [0.1, 0.15) is 18.9 Å². The van der Waals surface area contributed by atoms with Crippen molar-refractivity contribution in [1.29, 1.82) is 0 Å². The van der Waals surface area contributed by atoms with Gasteiger partial charge in [0.1, 0.15) is 5.82 Å². The van der Waals surface area contributed by atoms with E-state index in [0.29, 0.717) is 16.5 Å². The summed E-state index contributed by atoms with van der Waals surface area (Å²) in [5, 5.41) is 11.4. The fraction of sp³-hybridized carbons (Fsp3) is 0.417. The van der Waals surface area contributed by atoms with E-state index in [1.165, 1.54) is 12.1 Å². The molecule has 1 rings (SSSR count). The summed E-state index contributed by atoms with van der Waals surface area (Å²) in [4.78, 5) is 11.6. The summed E-state index contributed by atoms with van der Waals surface area (Å²) in [6.07, 6.45) is 0.629. The second-order valence-electron chi connectivity index (χ2n) is 3.89. The lowest BCUT2D eigenvalue weighted by Gasteiger charge is -2.12. The lowest BCUT2D eigenvalue weighted by molar-refractivity contribution is -0.121. The summed E-state index contributed by atoms with van der Waals surface area (Å²) in [6, 6.07) is 4.16. The Morgan fingerprint density at radius 2 is 2.29 bits per heavy atom. The smallest absolute Gasteiger partial charge is 0.224 e. The number of aliphatic hydroxyl groups excluding tert-OH is 1. The van der Waals surface area contributed by atoms with Crippen LogP contribution in [0, 0.1) is 5.82 Å². The molecule has 94 valence electrons. The summed E-state index contributed by atoms with van der Waals surface area (Å²) in [6.45, 7) is 1.85. The highest BCUT2D eigenvalue weighted by Crippen LogP contribution is 2.18. The summed E-state index contributed by atoms with van der Waals surface area (Å²) < 4.78 is 13.7. The van der Waals surface area contributed by atoms with Gasteiger partial charge in [-0.3, -0.25) is 4.79 Å². The van der Waals surface area contributed by atoms with Crippen molar-refractivity contribution in [2.45, 2.75) is 25.8 Å². The van der Waals surface area contributed by atoms with Crippen LogP contribution in [0.4, 0.5) is 4.39 Å². The summed E-state index contributed by atoms with van der Waals surface area (Å²) >= 11 is 3.27. The van der Waals surface area contributed by atoms with Crippen LogP contribution in [0.3, 0.4) is 0 Å². The maximum atomic E-state index is 13.0. The zero-order valence-electron chi connectivity index (χ0n) is 9.54. The van der Waals surface area contributed by atoms with E-state index < -0.39 is 0 Å². The van der Waals surface area contributed by atoms with Crippen molar-refractivity contribution in [1.82, 2.24) is 5.32 Å². The molecule has 1 aromatic carbocycles. The molecule has 0 aliphatic heterocycles. The van der Waals surface area contributed by atoms with E-state index in [2.05, 4.69) is 21.2 Å². The maximum Gasteiger partial charge on any atom is 0.224 e. The third-order valence-electron chi connectivity index (χ3n) is 2.33. The van der Waals surface area contributed by atoms with Gasteiger partial charge in [-0.2, -0.15) is 0 Å². The number of carbonyl (C=O) groups excluding carboxylic acids is 1. The number of hydrogen-bond donors (Lipinski definition) is 2. The lowest BCUT2D eigenvalue weighted by Crippen LogP contribution is -2.34. The molecule has 0 spiro atoms. The van der Waals surface area contributed by atoms with E-state index in [4.69, 9.17) is 5.11 Å². The first-order chi connectivity index (χ1) is 8.02. The van der Waals surface area contributed by atoms with Gasteiger partial charge in [-0.05, 0) is 37.1 Å². The molecule has 3 nitrogen and oxygen atoms in total. The van der Waals surface area contributed by atoms with Crippen LogP contribution >= 0.6 is 15.9 Å². The fourth-order valence-electron chi connectivity index (χ4n) is 1.44. The van der Waals surface area contributed by atoms with Crippen LogP contribution in [-0.2, 0) is 11.2 Å². The van der Waals surface area contributed by atoms with E-state index in [9.17, 15) is 9.18 Å². The molecule has 0 saturated carbocycles. The fourth-order valence-corrected chi connectivity index (χ4v) is 1.83. The van der Waals surface area contributed by atoms with E-state index in [1.807, 2.05) is 6.92 Å². The minimum atomic E-state index is -0.362. The first-order valence-electron chi connectivity index (χ1n) is 5.37. The number of halogens is 2.